The smallest absolute Gasteiger partial charge is 0.183 e. The number of quaternary nitrogens is 1. The van der Waals surface area contributed by atoms with Gasteiger partial charge in [-0.15, -0.1) is 0 Å². The van der Waals surface area contributed by atoms with E-state index in [2.05, 4.69) is 6.92 Å². The van der Waals surface area contributed by atoms with Gasteiger partial charge in [-0.3, -0.25) is 4.48 Å². The molecule has 5 heteroatoms. The van der Waals surface area contributed by atoms with Crippen LogP contribution >= 0.6 is 0 Å². The molecule has 0 unspecified atom stereocenters. The van der Waals surface area contributed by atoms with Crippen LogP contribution in [0.1, 0.15) is 90.4 Å². The molecule has 0 aliphatic heterocycles. The van der Waals surface area contributed by atoms with Crippen LogP contribution < -0.4 is 12.4 Å². The van der Waals surface area contributed by atoms with Gasteiger partial charge in [-0.25, -0.2) is 0 Å². The lowest BCUT2D eigenvalue weighted by Crippen LogP contribution is -3.00. The lowest BCUT2D eigenvalue weighted by atomic mass is 10.0. The van der Waals surface area contributed by atoms with E-state index in [9.17, 15) is 0 Å². The average Bonchev–Trinajstić information content (AvgIpc) is 2.59. The SMILES string of the molecule is CCCCCCCCCCCCCCCOC[N+](C)(CCO)CCO.[Cl-]. The molecule has 0 aromatic rings. The molecule has 0 aromatic carbocycles. The minimum Gasteiger partial charge on any atom is -1.00 e. The standard InChI is InChI=1S/C21H46NO3.ClH/c1-3-4-5-6-7-8-9-10-11-12-13-14-15-20-25-21-22(2,16-18-23)17-19-24;/h23-24H,3-21H2,1-2H3;1H/q+1;/p-1. The van der Waals surface area contributed by atoms with Crippen molar-refractivity contribution < 1.29 is 31.8 Å². The molecule has 0 spiro atoms. The quantitative estimate of drug-likeness (QED) is 0.186. The first-order chi connectivity index (χ1) is 12.2. The zero-order chi connectivity index (χ0) is 18.6. The van der Waals surface area contributed by atoms with Gasteiger partial charge in [-0.1, -0.05) is 84.0 Å². The van der Waals surface area contributed by atoms with Crippen LogP contribution in [0.25, 0.3) is 0 Å². The topological polar surface area (TPSA) is 49.7 Å². The molecule has 0 fully saturated rings. The number of nitrogens with zero attached hydrogens (tertiary/aromatic N) is 1. The van der Waals surface area contributed by atoms with Gasteiger partial charge in [-0.2, -0.15) is 0 Å². The maximum atomic E-state index is 9.10. The van der Waals surface area contributed by atoms with Crippen molar-refractivity contribution in [1.82, 2.24) is 0 Å². The molecule has 0 rings (SSSR count). The summed E-state index contributed by atoms with van der Waals surface area (Å²) in [6.07, 6.45) is 17.7. The minimum atomic E-state index is 0. The van der Waals surface area contributed by atoms with E-state index in [4.69, 9.17) is 14.9 Å². The molecule has 2 N–H and O–H groups in total. The molecule has 0 saturated carbocycles. The molecule has 0 amide bonds. The lowest BCUT2D eigenvalue weighted by Gasteiger charge is -2.32. The highest BCUT2D eigenvalue weighted by Crippen LogP contribution is 2.12. The summed E-state index contributed by atoms with van der Waals surface area (Å²) in [6, 6.07) is 0. The number of likely N-dealkylation sites (N-methyl/N-ethyl adjacent to an activating group) is 1. The van der Waals surface area contributed by atoms with Crippen molar-refractivity contribution in [2.45, 2.75) is 90.4 Å². The van der Waals surface area contributed by atoms with E-state index >= 15 is 0 Å². The van der Waals surface area contributed by atoms with Gasteiger partial charge < -0.3 is 27.4 Å². The van der Waals surface area contributed by atoms with Crippen LogP contribution in [0.15, 0.2) is 0 Å². The number of aliphatic hydroxyl groups excluding tert-OH is 2. The molecular weight excluding hydrogens is 350 g/mol. The van der Waals surface area contributed by atoms with Crippen molar-refractivity contribution in [3.05, 3.63) is 0 Å². The molecule has 0 saturated heterocycles. The van der Waals surface area contributed by atoms with Crippen LogP contribution in [0, 0.1) is 0 Å². The summed E-state index contributed by atoms with van der Waals surface area (Å²) >= 11 is 0. The van der Waals surface area contributed by atoms with E-state index in [1.165, 1.54) is 77.0 Å². The summed E-state index contributed by atoms with van der Waals surface area (Å²) < 4.78 is 6.34. The van der Waals surface area contributed by atoms with Gasteiger partial charge in [0.05, 0.1) is 26.9 Å². The molecule has 0 atom stereocenters. The minimum absolute atomic E-state index is 0. The average molecular weight is 396 g/mol. The van der Waals surface area contributed by atoms with Crippen molar-refractivity contribution in [3.63, 3.8) is 0 Å². The van der Waals surface area contributed by atoms with Gasteiger partial charge in [0.15, 0.2) is 6.73 Å². The van der Waals surface area contributed by atoms with Gasteiger partial charge in [0.1, 0.15) is 13.1 Å². The maximum Gasteiger partial charge on any atom is 0.183 e. The summed E-state index contributed by atoms with van der Waals surface area (Å²) in [7, 11) is 2.02. The summed E-state index contributed by atoms with van der Waals surface area (Å²) in [5.41, 5.74) is 0. The Labute approximate surface area is 169 Å². The number of unbranched alkanes of at least 4 members (excludes halogenated alkanes) is 12. The lowest BCUT2D eigenvalue weighted by molar-refractivity contribution is -0.928. The Morgan fingerprint density at radius 3 is 1.42 bits per heavy atom. The monoisotopic (exact) mass is 395 g/mol. The van der Waals surface area contributed by atoms with Crippen molar-refractivity contribution in [2.75, 3.05) is 46.7 Å². The molecule has 0 aliphatic carbocycles. The molecule has 26 heavy (non-hydrogen) atoms. The van der Waals surface area contributed by atoms with E-state index in [-0.39, 0.29) is 25.6 Å². The predicted molar refractivity (Wildman–Crippen MR) is 107 cm³/mol. The second-order valence-corrected chi connectivity index (χ2v) is 7.79. The van der Waals surface area contributed by atoms with Crippen LogP contribution in [0.2, 0.25) is 0 Å². The fourth-order valence-electron chi connectivity index (χ4n) is 3.23. The number of hydrogen-bond acceptors (Lipinski definition) is 3. The van der Waals surface area contributed by atoms with E-state index < -0.39 is 0 Å². The third-order valence-electron chi connectivity index (χ3n) is 5.07. The zero-order valence-electron chi connectivity index (χ0n) is 17.6. The highest BCUT2D eigenvalue weighted by Gasteiger charge is 2.20. The Hall–Kier alpha value is 0.130. The van der Waals surface area contributed by atoms with Crippen LogP contribution in [0.5, 0.6) is 0 Å². The van der Waals surface area contributed by atoms with Crippen molar-refractivity contribution in [3.8, 4) is 0 Å². The van der Waals surface area contributed by atoms with Crippen molar-refractivity contribution >= 4 is 0 Å². The molecule has 160 valence electrons. The summed E-state index contributed by atoms with van der Waals surface area (Å²) in [6.45, 7) is 5.20. The predicted octanol–water partition coefficient (Wildman–Crippen LogP) is 1.49. The Balaban J connectivity index is 0. The third kappa shape index (κ3) is 18.9. The first-order valence-electron chi connectivity index (χ1n) is 10.8. The maximum absolute atomic E-state index is 9.10. The molecule has 0 bridgehead atoms. The summed E-state index contributed by atoms with van der Waals surface area (Å²) in [5.74, 6) is 0. The van der Waals surface area contributed by atoms with Crippen molar-refractivity contribution in [2.24, 2.45) is 0 Å². The van der Waals surface area contributed by atoms with Crippen molar-refractivity contribution in [1.29, 1.82) is 0 Å². The Kier molecular flexibility index (Phi) is 23.4. The number of ether oxygens (including phenoxy) is 1. The van der Waals surface area contributed by atoms with Gasteiger partial charge in [0.2, 0.25) is 0 Å². The van der Waals surface area contributed by atoms with E-state index in [0.717, 1.165) is 13.0 Å². The highest BCUT2D eigenvalue weighted by molar-refractivity contribution is 4.48. The Morgan fingerprint density at radius 1 is 0.654 bits per heavy atom. The number of aliphatic hydroxyl groups is 2. The second-order valence-electron chi connectivity index (χ2n) is 7.79. The van der Waals surface area contributed by atoms with Gasteiger partial charge >= 0.3 is 0 Å². The fraction of sp³-hybridized carbons (Fsp3) is 1.00. The zero-order valence-corrected chi connectivity index (χ0v) is 18.3. The van der Waals surface area contributed by atoms with Gasteiger partial charge in [-0.05, 0) is 6.42 Å². The molecule has 4 nitrogen and oxygen atoms in total. The molecule has 0 aromatic heterocycles. The van der Waals surface area contributed by atoms with E-state index in [1.807, 2.05) is 7.05 Å². The molecule has 0 heterocycles. The molecule has 0 aliphatic rings. The second kappa shape index (κ2) is 21.4. The Bertz CT molecular complexity index is 262. The van der Waals surface area contributed by atoms with Crippen LogP contribution in [0.4, 0.5) is 0 Å². The first-order valence-corrected chi connectivity index (χ1v) is 10.8. The Morgan fingerprint density at radius 2 is 1.04 bits per heavy atom. The number of hydrogen-bond donors (Lipinski definition) is 2. The number of rotatable bonds is 20. The normalized spacial score (nSPS) is 11.5. The van der Waals surface area contributed by atoms with Crippen LogP contribution in [-0.2, 0) is 4.74 Å². The fourth-order valence-corrected chi connectivity index (χ4v) is 3.23. The first kappa shape index (κ1) is 28.3. The van der Waals surface area contributed by atoms with Crippen LogP contribution in [0.3, 0.4) is 0 Å². The summed E-state index contributed by atoms with van der Waals surface area (Å²) in [4.78, 5) is 0. The molecular formula is C21H46ClNO3. The van der Waals surface area contributed by atoms with Gasteiger partial charge in [0.25, 0.3) is 0 Å². The van der Waals surface area contributed by atoms with Crippen LogP contribution in [-0.4, -0.2) is 61.4 Å². The largest absolute Gasteiger partial charge is 1.00 e. The highest BCUT2D eigenvalue weighted by atomic mass is 35.5. The van der Waals surface area contributed by atoms with Gasteiger partial charge in [0, 0.05) is 0 Å². The van der Waals surface area contributed by atoms with E-state index in [1.54, 1.807) is 0 Å². The molecule has 0 radical (unpaired) electrons. The van der Waals surface area contributed by atoms with E-state index in [0.29, 0.717) is 24.3 Å². The third-order valence-corrected chi connectivity index (χ3v) is 5.07. The summed E-state index contributed by atoms with van der Waals surface area (Å²) in [5, 5.41) is 18.2. The number of halogens is 1.